The van der Waals surface area contributed by atoms with Crippen molar-refractivity contribution in [3.63, 3.8) is 0 Å². The maximum Gasteiger partial charge on any atom is 0.249 e. The number of carbonyl (C=O) groups is 1. The van der Waals surface area contributed by atoms with E-state index in [1.54, 1.807) is 0 Å². The van der Waals surface area contributed by atoms with Crippen LogP contribution in [0.2, 0.25) is 0 Å². The van der Waals surface area contributed by atoms with Crippen LogP contribution in [-0.4, -0.2) is 46.1 Å². The number of rotatable bonds is 48. The molecule has 0 spiro atoms. The first-order valence-electron chi connectivity index (χ1n) is 25.8. The van der Waals surface area contributed by atoms with Gasteiger partial charge in [0.25, 0.3) is 0 Å². The number of amides is 1. The van der Waals surface area contributed by atoms with Crippen LogP contribution in [0.1, 0.15) is 296 Å². The van der Waals surface area contributed by atoms with E-state index in [9.17, 15) is 20.1 Å². The Morgan fingerprint density at radius 2 is 0.571 bits per heavy atom. The molecule has 0 aromatic rings. The number of aliphatic hydroxyl groups excluding tert-OH is 3. The minimum atomic E-state index is -1.07. The minimum Gasteiger partial charge on any atom is -0.394 e. The summed E-state index contributed by atoms with van der Waals surface area (Å²) >= 11 is 0. The van der Waals surface area contributed by atoms with Gasteiger partial charge in [-0.1, -0.05) is 284 Å². The zero-order chi connectivity index (χ0) is 40.8. The maximum absolute atomic E-state index is 12.5. The summed E-state index contributed by atoms with van der Waals surface area (Å²) < 4.78 is 0. The SMILES string of the molecule is CCCCCCCCCCCCCCCCCCCCCCCCCCC(O)C(=O)NC(CO)C(O)CCCCCCCCCCCCCCCCCCCC. The molecule has 0 rings (SSSR count). The fourth-order valence-corrected chi connectivity index (χ4v) is 8.43. The van der Waals surface area contributed by atoms with Gasteiger partial charge in [-0.25, -0.2) is 0 Å². The van der Waals surface area contributed by atoms with E-state index < -0.39 is 24.2 Å². The third-order valence-electron chi connectivity index (χ3n) is 12.5. The third-order valence-corrected chi connectivity index (χ3v) is 12.5. The van der Waals surface area contributed by atoms with Crippen molar-refractivity contribution >= 4 is 5.91 Å². The first-order valence-corrected chi connectivity index (χ1v) is 25.8. The molecule has 0 aromatic carbocycles. The Labute approximate surface area is 351 Å². The first kappa shape index (κ1) is 55.4. The molecular weight excluding hydrogens is 691 g/mol. The van der Waals surface area contributed by atoms with Gasteiger partial charge in [-0.15, -0.1) is 0 Å². The van der Waals surface area contributed by atoms with Gasteiger partial charge in [0.15, 0.2) is 0 Å². The van der Waals surface area contributed by atoms with Crippen molar-refractivity contribution in [1.29, 1.82) is 0 Å². The van der Waals surface area contributed by atoms with E-state index in [4.69, 9.17) is 0 Å². The number of nitrogens with one attached hydrogen (secondary N) is 1. The fourth-order valence-electron chi connectivity index (χ4n) is 8.43. The van der Waals surface area contributed by atoms with E-state index in [0.29, 0.717) is 12.8 Å². The lowest BCUT2D eigenvalue weighted by atomic mass is 10.0. The van der Waals surface area contributed by atoms with Gasteiger partial charge in [0.1, 0.15) is 6.10 Å². The van der Waals surface area contributed by atoms with Crippen LogP contribution < -0.4 is 5.32 Å². The zero-order valence-corrected chi connectivity index (χ0v) is 38.3. The van der Waals surface area contributed by atoms with Gasteiger partial charge in [0.05, 0.1) is 18.8 Å². The van der Waals surface area contributed by atoms with Crippen molar-refractivity contribution in [3.8, 4) is 0 Å². The summed E-state index contributed by atoms with van der Waals surface area (Å²) in [4.78, 5) is 12.5. The van der Waals surface area contributed by atoms with Crippen LogP contribution >= 0.6 is 0 Å². The molecule has 0 radical (unpaired) electrons. The van der Waals surface area contributed by atoms with Gasteiger partial charge in [-0.05, 0) is 12.8 Å². The zero-order valence-electron chi connectivity index (χ0n) is 38.3. The van der Waals surface area contributed by atoms with Gasteiger partial charge in [-0.3, -0.25) is 4.79 Å². The average molecular weight is 794 g/mol. The Kier molecular flexibility index (Phi) is 46.5. The first-order chi connectivity index (χ1) is 27.6. The lowest BCUT2D eigenvalue weighted by molar-refractivity contribution is -0.131. The lowest BCUT2D eigenvalue weighted by Crippen LogP contribution is -2.49. The summed E-state index contributed by atoms with van der Waals surface area (Å²) in [6.45, 7) is 4.27. The van der Waals surface area contributed by atoms with Crippen LogP contribution in [0.5, 0.6) is 0 Å². The second-order valence-corrected chi connectivity index (χ2v) is 18.1. The second kappa shape index (κ2) is 47.0. The lowest BCUT2D eigenvalue weighted by Gasteiger charge is -2.23. The average Bonchev–Trinajstić information content (AvgIpc) is 3.20. The van der Waals surface area contributed by atoms with Crippen molar-refractivity contribution < 1.29 is 20.1 Å². The van der Waals surface area contributed by atoms with E-state index in [2.05, 4.69) is 19.2 Å². The molecule has 0 aromatic heterocycles. The van der Waals surface area contributed by atoms with E-state index in [-0.39, 0.29) is 6.61 Å². The Balaban J connectivity index is 3.51. The normalized spacial score (nSPS) is 13.3. The van der Waals surface area contributed by atoms with Crippen LogP contribution in [0.15, 0.2) is 0 Å². The molecule has 1 amide bonds. The Bertz CT molecular complexity index is 747. The molecule has 3 unspecified atom stereocenters. The molecule has 5 heteroatoms. The summed E-state index contributed by atoms with van der Waals surface area (Å²) in [6.07, 6.45) is 55.6. The number of unbranched alkanes of at least 4 members (excludes halogenated alkanes) is 40. The van der Waals surface area contributed by atoms with Gasteiger partial charge >= 0.3 is 0 Å². The monoisotopic (exact) mass is 794 g/mol. The predicted octanol–water partition coefficient (Wildman–Crippen LogP) is 15.4. The molecule has 0 fully saturated rings. The van der Waals surface area contributed by atoms with Gasteiger partial charge < -0.3 is 20.6 Å². The van der Waals surface area contributed by atoms with Crippen molar-refractivity contribution in [3.05, 3.63) is 0 Å². The standard InChI is InChI=1S/C51H103NO4/c1-3-5-7-9-11-13-15-17-19-21-23-24-25-26-27-28-30-32-34-36-38-40-42-44-46-50(55)51(56)52-48(47-53)49(54)45-43-41-39-37-35-33-31-29-22-20-18-16-14-12-10-8-6-4-2/h48-50,53-55H,3-47H2,1-2H3,(H,52,56). The largest absolute Gasteiger partial charge is 0.394 e. The topological polar surface area (TPSA) is 89.8 Å². The van der Waals surface area contributed by atoms with Crippen molar-refractivity contribution in [2.45, 2.75) is 315 Å². The third kappa shape index (κ3) is 41.5. The van der Waals surface area contributed by atoms with Crippen LogP contribution in [0.3, 0.4) is 0 Å². The molecule has 0 heterocycles. The summed E-state index contributed by atoms with van der Waals surface area (Å²) in [6, 6.07) is -0.706. The Hall–Kier alpha value is -0.650. The summed E-state index contributed by atoms with van der Waals surface area (Å²) in [5.41, 5.74) is 0. The Morgan fingerprint density at radius 3 is 0.804 bits per heavy atom. The molecule has 5 nitrogen and oxygen atoms in total. The molecule has 0 aliphatic rings. The number of carbonyl (C=O) groups excluding carboxylic acids is 1. The highest BCUT2D eigenvalue weighted by molar-refractivity contribution is 5.80. The minimum absolute atomic E-state index is 0.307. The van der Waals surface area contributed by atoms with E-state index in [1.807, 2.05) is 0 Å². The van der Waals surface area contributed by atoms with Crippen molar-refractivity contribution in [2.75, 3.05) is 6.61 Å². The van der Waals surface area contributed by atoms with Gasteiger partial charge in [0.2, 0.25) is 5.91 Å². The van der Waals surface area contributed by atoms with Crippen LogP contribution in [0.25, 0.3) is 0 Å². The highest BCUT2D eigenvalue weighted by Crippen LogP contribution is 2.18. The van der Waals surface area contributed by atoms with Crippen LogP contribution in [-0.2, 0) is 4.79 Å². The molecule has 0 saturated heterocycles. The molecule has 336 valence electrons. The molecule has 3 atom stereocenters. The highest BCUT2D eigenvalue weighted by atomic mass is 16.3. The summed E-state index contributed by atoms with van der Waals surface area (Å²) in [5, 5.41) is 33.5. The van der Waals surface area contributed by atoms with E-state index in [0.717, 1.165) is 32.1 Å². The van der Waals surface area contributed by atoms with E-state index >= 15 is 0 Å². The summed E-state index contributed by atoms with van der Waals surface area (Å²) in [5.74, 6) is -0.463. The van der Waals surface area contributed by atoms with Crippen LogP contribution in [0.4, 0.5) is 0 Å². The molecule has 0 saturated carbocycles. The maximum atomic E-state index is 12.5. The molecule has 4 N–H and O–H groups in total. The predicted molar refractivity (Wildman–Crippen MR) is 246 cm³/mol. The number of hydrogen-bond donors (Lipinski definition) is 4. The van der Waals surface area contributed by atoms with Crippen molar-refractivity contribution in [1.82, 2.24) is 5.32 Å². The second-order valence-electron chi connectivity index (χ2n) is 18.1. The Morgan fingerprint density at radius 1 is 0.357 bits per heavy atom. The van der Waals surface area contributed by atoms with Crippen molar-refractivity contribution in [2.24, 2.45) is 0 Å². The van der Waals surface area contributed by atoms with Gasteiger partial charge in [0, 0.05) is 0 Å². The quantitative estimate of drug-likeness (QED) is 0.0462. The molecular formula is C51H103NO4. The number of hydrogen-bond acceptors (Lipinski definition) is 4. The van der Waals surface area contributed by atoms with Crippen LogP contribution in [0, 0.1) is 0 Å². The fraction of sp³-hybridized carbons (Fsp3) is 0.980. The number of aliphatic hydroxyl groups is 3. The molecule has 0 bridgehead atoms. The van der Waals surface area contributed by atoms with E-state index in [1.165, 1.54) is 238 Å². The van der Waals surface area contributed by atoms with Gasteiger partial charge in [-0.2, -0.15) is 0 Å². The molecule has 0 aliphatic carbocycles. The smallest absolute Gasteiger partial charge is 0.249 e. The molecule has 56 heavy (non-hydrogen) atoms. The highest BCUT2D eigenvalue weighted by Gasteiger charge is 2.23. The molecule has 0 aliphatic heterocycles. The summed E-state index contributed by atoms with van der Waals surface area (Å²) in [7, 11) is 0.